The molecule has 0 aliphatic heterocycles. The zero-order valence-corrected chi connectivity index (χ0v) is 17.6. The minimum atomic E-state index is 0.149. The average molecular weight is 388 g/mol. The van der Waals surface area contributed by atoms with Crippen molar-refractivity contribution in [1.29, 1.82) is 0 Å². The van der Waals surface area contributed by atoms with Gasteiger partial charge in [0.15, 0.2) is 5.96 Å². The Morgan fingerprint density at radius 2 is 2.11 bits per heavy atom. The third-order valence-corrected chi connectivity index (χ3v) is 4.27. The maximum atomic E-state index is 5.93. The van der Waals surface area contributed by atoms with Crippen LogP contribution in [0.4, 0.5) is 0 Å². The molecule has 154 valence electrons. The van der Waals surface area contributed by atoms with Crippen LogP contribution in [0.3, 0.4) is 0 Å². The maximum absolute atomic E-state index is 5.93. The van der Waals surface area contributed by atoms with E-state index in [1.54, 1.807) is 19.6 Å². The van der Waals surface area contributed by atoms with Crippen LogP contribution in [0.15, 0.2) is 29.6 Å². The largest absolute Gasteiger partial charge is 0.475 e. The van der Waals surface area contributed by atoms with Crippen molar-refractivity contribution < 1.29 is 4.74 Å². The molecule has 2 aromatic rings. The number of rotatable bonds is 10. The topological polar surface area (TPSA) is 89.2 Å². The van der Waals surface area contributed by atoms with Crippen LogP contribution in [-0.2, 0) is 19.5 Å². The smallest absolute Gasteiger partial charge is 0.213 e. The van der Waals surface area contributed by atoms with Crippen molar-refractivity contribution in [2.45, 2.75) is 59.7 Å². The summed E-state index contributed by atoms with van der Waals surface area (Å²) in [6.07, 6.45) is 5.57. The van der Waals surface area contributed by atoms with E-state index in [-0.39, 0.29) is 6.10 Å². The van der Waals surface area contributed by atoms with Crippen molar-refractivity contribution in [1.82, 2.24) is 30.4 Å². The number of aryl methyl sites for hydroxylation is 1. The maximum Gasteiger partial charge on any atom is 0.213 e. The third kappa shape index (κ3) is 7.17. The Morgan fingerprint density at radius 1 is 1.29 bits per heavy atom. The second-order valence-electron chi connectivity index (χ2n) is 7.21. The van der Waals surface area contributed by atoms with Crippen molar-refractivity contribution in [3.05, 3.63) is 36.0 Å². The van der Waals surface area contributed by atoms with E-state index < -0.39 is 0 Å². The van der Waals surface area contributed by atoms with Gasteiger partial charge in [0, 0.05) is 45.4 Å². The Balaban J connectivity index is 1.80. The fourth-order valence-electron chi connectivity index (χ4n) is 2.98. The minimum absolute atomic E-state index is 0.149. The number of nitrogens with one attached hydrogen (secondary N) is 2. The van der Waals surface area contributed by atoms with Crippen molar-refractivity contribution in [3.8, 4) is 5.88 Å². The number of aliphatic imine (C=N–C) groups is 1. The molecule has 0 bridgehead atoms. The van der Waals surface area contributed by atoms with Crippen molar-refractivity contribution in [2.24, 2.45) is 10.9 Å². The molecule has 0 aromatic carbocycles. The highest BCUT2D eigenvalue weighted by Crippen LogP contribution is 2.14. The monoisotopic (exact) mass is 387 g/mol. The number of hydrogen-bond acceptors (Lipinski definition) is 5. The Labute approximate surface area is 167 Å². The summed E-state index contributed by atoms with van der Waals surface area (Å²) < 4.78 is 7.97. The fraction of sp³-hybridized carbons (Fsp3) is 0.600. The highest BCUT2D eigenvalue weighted by atomic mass is 16.5. The Morgan fingerprint density at radius 3 is 2.82 bits per heavy atom. The van der Waals surface area contributed by atoms with Crippen LogP contribution in [0.1, 0.15) is 45.5 Å². The zero-order chi connectivity index (χ0) is 20.4. The van der Waals surface area contributed by atoms with Gasteiger partial charge in [-0.1, -0.05) is 20.8 Å². The first-order chi connectivity index (χ1) is 13.5. The van der Waals surface area contributed by atoms with Crippen LogP contribution in [-0.4, -0.2) is 45.4 Å². The van der Waals surface area contributed by atoms with E-state index in [1.807, 2.05) is 16.7 Å². The molecule has 0 amide bonds. The van der Waals surface area contributed by atoms with Crippen LogP contribution in [0.5, 0.6) is 5.88 Å². The highest BCUT2D eigenvalue weighted by Gasteiger charge is 2.08. The molecule has 0 saturated carbocycles. The lowest BCUT2D eigenvalue weighted by Crippen LogP contribution is -2.38. The van der Waals surface area contributed by atoms with Gasteiger partial charge in [-0.3, -0.25) is 4.99 Å². The molecule has 0 saturated heterocycles. The molecule has 2 rings (SSSR count). The Bertz CT molecular complexity index is 742. The molecule has 0 aliphatic carbocycles. The number of hydrogen-bond donors (Lipinski definition) is 2. The summed E-state index contributed by atoms with van der Waals surface area (Å²) >= 11 is 0. The Hall–Kier alpha value is -2.64. The highest BCUT2D eigenvalue weighted by molar-refractivity contribution is 5.79. The number of nitrogens with zero attached hydrogens (tertiary/aromatic N) is 5. The number of aromatic nitrogens is 4. The lowest BCUT2D eigenvalue weighted by atomic mass is 10.1. The molecular formula is C20H33N7O. The molecule has 8 heteroatoms. The normalized spacial score (nSPS) is 12.9. The van der Waals surface area contributed by atoms with Crippen LogP contribution in [0.2, 0.25) is 0 Å². The van der Waals surface area contributed by atoms with Crippen LogP contribution >= 0.6 is 0 Å². The van der Waals surface area contributed by atoms with Crippen molar-refractivity contribution in [3.63, 3.8) is 0 Å². The summed E-state index contributed by atoms with van der Waals surface area (Å²) in [5, 5.41) is 14.7. The molecule has 0 spiro atoms. The van der Waals surface area contributed by atoms with Crippen LogP contribution in [0.25, 0.3) is 0 Å². The second kappa shape index (κ2) is 11.3. The molecule has 2 aromatic heterocycles. The molecule has 1 unspecified atom stereocenters. The quantitative estimate of drug-likeness (QED) is 0.481. The van der Waals surface area contributed by atoms with Gasteiger partial charge in [-0.25, -0.2) is 4.98 Å². The van der Waals surface area contributed by atoms with Gasteiger partial charge < -0.3 is 19.9 Å². The predicted molar refractivity (Wildman–Crippen MR) is 111 cm³/mol. The standard InChI is InChI=1S/C20H33N7O/c1-6-18-26-25-14-27(18)10-9-23-20(21-5)24-13-17-7-8-22-19(12-17)28-16(4)11-15(2)3/h7-8,12,14-16H,6,9-11,13H2,1-5H3,(H2,21,23,24). The molecule has 2 N–H and O–H groups in total. The second-order valence-corrected chi connectivity index (χ2v) is 7.21. The molecule has 0 fully saturated rings. The number of guanidine groups is 1. The van der Waals surface area contributed by atoms with E-state index in [2.05, 4.69) is 58.5 Å². The molecule has 28 heavy (non-hydrogen) atoms. The van der Waals surface area contributed by atoms with Gasteiger partial charge >= 0.3 is 0 Å². The van der Waals surface area contributed by atoms with E-state index in [0.29, 0.717) is 18.3 Å². The van der Waals surface area contributed by atoms with Crippen LogP contribution < -0.4 is 15.4 Å². The summed E-state index contributed by atoms with van der Waals surface area (Å²) in [5.74, 6) is 3.00. The summed E-state index contributed by atoms with van der Waals surface area (Å²) in [5.41, 5.74) is 1.09. The lowest BCUT2D eigenvalue weighted by molar-refractivity contribution is 0.185. The first-order valence-corrected chi connectivity index (χ1v) is 9.94. The van der Waals surface area contributed by atoms with Gasteiger partial charge in [-0.05, 0) is 30.9 Å². The molecule has 1 atom stereocenters. The molecule has 0 radical (unpaired) electrons. The summed E-state index contributed by atoms with van der Waals surface area (Å²) in [4.78, 5) is 8.59. The van der Waals surface area contributed by atoms with Gasteiger partial charge in [0.1, 0.15) is 12.2 Å². The summed E-state index contributed by atoms with van der Waals surface area (Å²) in [7, 11) is 1.76. The van der Waals surface area contributed by atoms with Gasteiger partial charge in [-0.2, -0.15) is 0 Å². The minimum Gasteiger partial charge on any atom is -0.475 e. The van der Waals surface area contributed by atoms with E-state index in [4.69, 9.17) is 4.74 Å². The van der Waals surface area contributed by atoms with E-state index in [0.717, 1.165) is 43.3 Å². The van der Waals surface area contributed by atoms with Crippen molar-refractivity contribution in [2.75, 3.05) is 13.6 Å². The van der Waals surface area contributed by atoms with Crippen molar-refractivity contribution >= 4 is 5.96 Å². The van der Waals surface area contributed by atoms with Gasteiger partial charge in [-0.15, -0.1) is 10.2 Å². The van der Waals surface area contributed by atoms with Gasteiger partial charge in [0.2, 0.25) is 5.88 Å². The molecule has 0 aliphatic rings. The van der Waals surface area contributed by atoms with E-state index in [9.17, 15) is 0 Å². The fourth-order valence-corrected chi connectivity index (χ4v) is 2.98. The predicted octanol–water partition coefficient (Wildman–Crippen LogP) is 2.41. The number of ether oxygens (including phenoxy) is 1. The summed E-state index contributed by atoms with van der Waals surface area (Å²) in [6.45, 7) is 10.7. The molecule has 2 heterocycles. The van der Waals surface area contributed by atoms with E-state index in [1.165, 1.54) is 0 Å². The number of pyridine rings is 1. The third-order valence-electron chi connectivity index (χ3n) is 4.27. The van der Waals surface area contributed by atoms with Gasteiger partial charge in [0.05, 0.1) is 6.10 Å². The lowest BCUT2D eigenvalue weighted by Gasteiger charge is -2.16. The summed E-state index contributed by atoms with van der Waals surface area (Å²) in [6, 6.07) is 3.95. The zero-order valence-electron chi connectivity index (χ0n) is 17.6. The van der Waals surface area contributed by atoms with Crippen LogP contribution in [0, 0.1) is 5.92 Å². The van der Waals surface area contributed by atoms with E-state index >= 15 is 0 Å². The average Bonchev–Trinajstić information content (AvgIpc) is 3.11. The van der Waals surface area contributed by atoms with Gasteiger partial charge in [0.25, 0.3) is 0 Å². The first kappa shape index (κ1) is 21.7. The SMILES string of the molecule is CCc1nncn1CCNC(=NC)NCc1ccnc(OC(C)CC(C)C)c1. The first-order valence-electron chi connectivity index (χ1n) is 9.94. The molecule has 8 nitrogen and oxygen atoms in total. The molecular weight excluding hydrogens is 354 g/mol. The Kier molecular flexibility index (Phi) is 8.71.